The van der Waals surface area contributed by atoms with E-state index < -0.39 is 0 Å². The Hall–Kier alpha value is -1.13. The highest BCUT2D eigenvalue weighted by Gasteiger charge is 2.24. The van der Waals surface area contributed by atoms with E-state index in [1.165, 1.54) is 5.56 Å². The van der Waals surface area contributed by atoms with Crippen LogP contribution in [0.15, 0.2) is 12.1 Å². The fourth-order valence-corrected chi connectivity index (χ4v) is 2.28. The maximum Gasteiger partial charge on any atom is 0.157 e. The monoisotopic (exact) mass is 264 g/mol. The number of hydrogen-bond donors (Lipinski definition) is 1. The van der Waals surface area contributed by atoms with Crippen LogP contribution < -0.4 is 5.32 Å². The van der Waals surface area contributed by atoms with E-state index in [2.05, 4.69) is 42.2 Å². The molecule has 1 saturated heterocycles. The Morgan fingerprint density at radius 1 is 1.33 bits per heavy atom. The van der Waals surface area contributed by atoms with Gasteiger partial charge in [-0.3, -0.25) is 0 Å². The summed E-state index contributed by atoms with van der Waals surface area (Å²) in [4.78, 5) is 4.60. The van der Waals surface area contributed by atoms with Crippen molar-refractivity contribution in [2.45, 2.75) is 32.1 Å². The van der Waals surface area contributed by atoms with Crippen LogP contribution in [0.4, 0.5) is 0 Å². The zero-order chi connectivity index (χ0) is 12.9. The molecular formula is C13H17ClN4. The number of pyridine rings is 1. The SMILES string of the molecule is CC(C)(C)c1cc(Cl)n2nc(C3CNC3)nc2c1. The van der Waals surface area contributed by atoms with Crippen molar-refractivity contribution in [1.29, 1.82) is 0 Å². The third kappa shape index (κ3) is 1.89. The standard InChI is InChI=1S/C13H17ClN4/c1-13(2,3)9-4-10(14)18-11(5-9)16-12(17-18)8-6-15-7-8/h4-5,8,15H,6-7H2,1-3H3. The molecule has 3 rings (SSSR count). The fraction of sp³-hybridized carbons (Fsp3) is 0.538. The Bertz CT molecular complexity index is 593. The van der Waals surface area contributed by atoms with Gasteiger partial charge < -0.3 is 5.32 Å². The van der Waals surface area contributed by atoms with Crippen molar-refractivity contribution in [2.24, 2.45) is 0 Å². The smallest absolute Gasteiger partial charge is 0.157 e. The molecule has 0 bridgehead atoms. The summed E-state index contributed by atoms with van der Waals surface area (Å²) in [7, 11) is 0. The number of fused-ring (bicyclic) bond motifs is 1. The molecule has 0 atom stereocenters. The topological polar surface area (TPSA) is 42.2 Å². The predicted octanol–water partition coefficient (Wildman–Crippen LogP) is 2.37. The van der Waals surface area contributed by atoms with Gasteiger partial charge in [-0.1, -0.05) is 32.4 Å². The van der Waals surface area contributed by atoms with Crippen molar-refractivity contribution in [3.8, 4) is 0 Å². The van der Waals surface area contributed by atoms with E-state index in [4.69, 9.17) is 11.6 Å². The normalized spacial score (nSPS) is 17.1. The second-order valence-electron chi connectivity index (χ2n) is 5.91. The number of nitrogens with one attached hydrogen (secondary N) is 1. The first kappa shape index (κ1) is 11.9. The second kappa shape index (κ2) is 3.93. The van der Waals surface area contributed by atoms with Gasteiger partial charge in [0.1, 0.15) is 5.15 Å². The number of hydrogen-bond acceptors (Lipinski definition) is 3. The number of nitrogens with zero attached hydrogens (tertiary/aromatic N) is 3. The molecule has 3 heterocycles. The lowest BCUT2D eigenvalue weighted by atomic mass is 9.88. The minimum Gasteiger partial charge on any atom is -0.315 e. The summed E-state index contributed by atoms with van der Waals surface area (Å²) in [6, 6.07) is 4.06. The van der Waals surface area contributed by atoms with Crippen LogP contribution in [0.25, 0.3) is 5.65 Å². The van der Waals surface area contributed by atoms with E-state index in [0.29, 0.717) is 11.1 Å². The van der Waals surface area contributed by atoms with Crippen molar-refractivity contribution in [3.63, 3.8) is 0 Å². The van der Waals surface area contributed by atoms with Crippen LogP contribution in [0.2, 0.25) is 5.15 Å². The Morgan fingerprint density at radius 2 is 2.06 bits per heavy atom. The lowest BCUT2D eigenvalue weighted by Crippen LogP contribution is -2.40. The average molecular weight is 265 g/mol. The Balaban J connectivity index is 2.12. The Kier molecular flexibility index (Phi) is 2.61. The van der Waals surface area contributed by atoms with Gasteiger partial charge in [-0.25, -0.2) is 9.50 Å². The summed E-state index contributed by atoms with van der Waals surface area (Å²) in [5, 5.41) is 8.35. The lowest BCUT2D eigenvalue weighted by molar-refractivity contribution is 0.430. The van der Waals surface area contributed by atoms with E-state index in [0.717, 1.165) is 24.6 Å². The van der Waals surface area contributed by atoms with Crippen LogP contribution in [-0.2, 0) is 5.41 Å². The highest BCUT2D eigenvalue weighted by molar-refractivity contribution is 6.29. The van der Waals surface area contributed by atoms with Gasteiger partial charge in [0, 0.05) is 19.0 Å². The minimum atomic E-state index is 0.0650. The van der Waals surface area contributed by atoms with Gasteiger partial charge in [0.2, 0.25) is 0 Å². The van der Waals surface area contributed by atoms with Crippen molar-refractivity contribution in [1.82, 2.24) is 19.9 Å². The first-order chi connectivity index (χ1) is 8.45. The summed E-state index contributed by atoms with van der Waals surface area (Å²) >= 11 is 6.29. The van der Waals surface area contributed by atoms with Crippen LogP contribution in [0.5, 0.6) is 0 Å². The number of aromatic nitrogens is 3. The van der Waals surface area contributed by atoms with E-state index in [1.807, 2.05) is 6.07 Å². The Labute approximate surface area is 111 Å². The molecule has 18 heavy (non-hydrogen) atoms. The van der Waals surface area contributed by atoms with Gasteiger partial charge in [-0.05, 0) is 23.1 Å². The first-order valence-electron chi connectivity index (χ1n) is 6.22. The largest absolute Gasteiger partial charge is 0.315 e. The summed E-state index contributed by atoms with van der Waals surface area (Å²) in [6.07, 6.45) is 0. The van der Waals surface area contributed by atoms with E-state index in [9.17, 15) is 0 Å². The van der Waals surface area contributed by atoms with Crippen molar-refractivity contribution in [2.75, 3.05) is 13.1 Å². The van der Waals surface area contributed by atoms with Crippen LogP contribution in [0, 0.1) is 0 Å². The van der Waals surface area contributed by atoms with E-state index in [-0.39, 0.29) is 5.41 Å². The molecule has 96 valence electrons. The molecule has 2 aromatic heterocycles. The highest BCUT2D eigenvalue weighted by Crippen LogP contribution is 2.27. The molecule has 0 radical (unpaired) electrons. The van der Waals surface area contributed by atoms with Crippen molar-refractivity contribution < 1.29 is 0 Å². The molecule has 1 N–H and O–H groups in total. The molecule has 0 aromatic carbocycles. The molecule has 5 heteroatoms. The zero-order valence-corrected chi connectivity index (χ0v) is 11.6. The van der Waals surface area contributed by atoms with Gasteiger partial charge in [0.05, 0.1) is 0 Å². The maximum absolute atomic E-state index is 6.29. The van der Waals surface area contributed by atoms with E-state index in [1.54, 1.807) is 4.52 Å². The predicted molar refractivity (Wildman–Crippen MR) is 72.3 cm³/mol. The highest BCUT2D eigenvalue weighted by atomic mass is 35.5. The van der Waals surface area contributed by atoms with Crippen LogP contribution in [-0.4, -0.2) is 27.7 Å². The van der Waals surface area contributed by atoms with Gasteiger partial charge in [-0.15, -0.1) is 5.10 Å². The molecule has 0 saturated carbocycles. The number of rotatable bonds is 1. The van der Waals surface area contributed by atoms with Gasteiger partial charge in [0.25, 0.3) is 0 Å². The summed E-state index contributed by atoms with van der Waals surface area (Å²) in [5.41, 5.74) is 2.09. The van der Waals surface area contributed by atoms with Crippen molar-refractivity contribution in [3.05, 3.63) is 28.7 Å². The molecule has 0 spiro atoms. The molecule has 1 fully saturated rings. The summed E-state index contributed by atoms with van der Waals surface area (Å²) in [6.45, 7) is 8.42. The molecule has 2 aromatic rings. The molecule has 0 amide bonds. The zero-order valence-electron chi connectivity index (χ0n) is 10.9. The van der Waals surface area contributed by atoms with Gasteiger partial charge in [-0.2, -0.15) is 0 Å². The Morgan fingerprint density at radius 3 is 2.61 bits per heavy atom. The molecule has 1 aliphatic heterocycles. The molecule has 4 nitrogen and oxygen atoms in total. The fourth-order valence-electron chi connectivity index (χ4n) is 2.04. The number of halogens is 1. The lowest BCUT2D eigenvalue weighted by Gasteiger charge is -2.23. The summed E-state index contributed by atoms with van der Waals surface area (Å²) < 4.78 is 1.73. The average Bonchev–Trinajstić information content (AvgIpc) is 2.57. The van der Waals surface area contributed by atoms with Gasteiger partial charge in [0.15, 0.2) is 11.5 Å². The van der Waals surface area contributed by atoms with Crippen molar-refractivity contribution >= 4 is 17.2 Å². The third-order valence-electron chi connectivity index (χ3n) is 3.42. The molecule has 1 aliphatic rings. The molecule has 0 unspecified atom stereocenters. The molecule has 0 aliphatic carbocycles. The van der Waals surface area contributed by atoms with Crippen LogP contribution >= 0.6 is 11.6 Å². The summed E-state index contributed by atoms with van der Waals surface area (Å²) in [5.74, 6) is 1.32. The van der Waals surface area contributed by atoms with Gasteiger partial charge >= 0.3 is 0 Å². The third-order valence-corrected chi connectivity index (χ3v) is 3.69. The first-order valence-corrected chi connectivity index (χ1v) is 6.60. The quantitative estimate of drug-likeness (QED) is 0.804. The minimum absolute atomic E-state index is 0.0650. The maximum atomic E-state index is 6.29. The van der Waals surface area contributed by atoms with Crippen LogP contribution in [0.1, 0.15) is 38.1 Å². The second-order valence-corrected chi connectivity index (χ2v) is 6.30. The molecular weight excluding hydrogens is 248 g/mol. The van der Waals surface area contributed by atoms with E-state index >= 15 is 0 Å². The van der Waals surface area contributed by atoms with Crippen LogP contribution in [0.3, 0.4) is 0 Å².